The fourth-order valence-electron chi connectivity index (χ4n) is 3.31. The van der Waals surface area contributed by atoms with Gasteiger partial charge in [-0.05, 0) is 48.6 Å². The maximum absolute atomic E-state index is 12.0. The lowest BCUT2D eigenvalue weighted by molar-refractivity contribution is 0.101. The largest absolute Gasteiger partial charge is 0.320 e. The van der Waals surface area contributed by atoms with Gasteiger partial charge < -0.3 is 10.6 Å². The molecule has 0 spiro atoms. The Hall–Kier alpha value is -5.12. The van der Waals surface area contributed by atoms with E-state index in [0.29, 0.717) is 45.3 Å². The first-order chi connectivity index (χ1) is 16.7. The van der Waals surface area contributed by atoms with E-state index in [1.165, 1.54) is 18.9 Å². The summed E-state index contributed by atoms with van der Waals surface area (Å²) in [4.78, 5) is 48.2. The van der Waals surface area contributed by atoms with Crippen LogP contribution < -0.4 is 10.6 Å². The number of amides is 2. The van der Waals surface area contributed by atoms with E-state index >= 15 is 0 Å². The molecule has 34 heavy (non-hydrogen) atoms. The number of fused-ring (bicyclic) bond motifs is 4. The summed E-state index contributed by atoms with van der Waals surface area (Å²) in [6.07, 6.45) is 16.4. The van der Waals surface area contributed by atoms with Crippen LogP contribution in [-0.4, -0.2) is 41.7 Å². The molecule has 6 rings (SSSR count). The molecular formula is C24H16N8O2. The van der Waals surface area contributed by atoms with Crippen molar-refractivity contribution < 1.29 is 9.59 Å². The summed E-state index contributed by atoms with van der Waals surface area (Å²) in [6, 6.07) is 7.05. The number of carbonyl (C=O) groups is 2. The Morgan fingerprint density at radius 1 is 0.559 bits per heavy atom. The topological polar surface area (TPSA) is 136 Å². The third-order valence-corrected chi connectivity index (χ3v) is 4.95. The van der Waals surface area contributed by atoms with Gasteiger partial charge in [-0.25, -0.2) is 19.9 Å². The molecule has 10 nitrogen and oxygen atoms in total. The Morgan fingerprint density at radius 2 is 1.12 bits per heavy atom. The maximum Gasteiger partial charge on any atom is 0.259 e. The Morgan fingerprint density at radius 3 is 1.94 bits per heavy atom. The van der Waals surface area contributed by atoms with E-state index in [9.17, 15) is 9.59 Å². The number of rotatable bonds is 0. The fraction of sp³-hybridized carbons (Fsp3) is 0. The first-order valence-corrected chi connectivity index (χ1v) is 10.2. The smallest absolute Gasteiger partial charge is 0.259 e. The van der Waals surface area contributed by atoms with E-state index in [1.54, 1.807) is 55.0 Å². The summed E-state index contributed by atoms with van der Waals surface area (Å²) < 4.78 is 0. The number of carbonyl (C=O) groups excluding carboxylic acids is 2. The first kappa shape index (κ1) is 20.8. The molecule has 0 aliphatic carbocycles. The molecule has 0 fully saturated rings. The van der Waals surface area contributed by atoms with Crippen molar-refractivity contribution in [3.63, 3.8) is 0 Å². The molecule has 10 heteroatoms. The van der Waals surface area contributed by atoms with Crippen molar-refractivity contribution >= 4 is 47.5 Å². The van der Waals surface area contributed by atoms with Gasteiger partial charge in [-0.3, -0.25) is 19.6 Å². The molecule has 4 aromatic rings. The molecule has 2 aliphatic heterocycles. The van der Waals surface area contributed by atoms with E-state index in [-0.39, 0.29) is 11.8 Å². The third kappa shape index (κ3) is 4.28. The Balaban J connectivity index is 0.000000142. The molecule has 0 saturated carbocycles. The fourth-order valence-corrected chi connectivity index (χ4v) is 3.31. The summed E-state index contributed by atoms with van der Waals surface area (Å²) in [5.41, 5.74) is 4.89. The molecule has 0 unspecified atom stereocenters. The van der Waals surface area contributed by atoms with E-state index in [4.69, 9.17) is 0 Å². The van der Waals surface area contributed by atoms with Gasteiger partial charge in [0.25, 0.3) is 11.8 Å². The Labute approximate surface area is 193 Å². The molecule has 0 radical (unpaired) electrons. The van der Waals surface area contributed by atoms with Crippen LogP contribution in [0.15, 0.2) is 61.7 Å². The standard InChI is InChI=1S/2C12H8N4O/c17-12-8-6-13-7-15-9(8)3-4-10-11(16-12)2-1-5-14-10;17-12-8-2-1-5-14-9(8)3-4-10-11(16-12)6-13-7-15-10/h2*1-7H,(H,16,17). The van der Waals surface area contributed by atoms with Crippen molar-refractivity contribution in [2.75, 3.05) is 10.6 Å². The number of pyridine rings is 2. The van der Waals surface area contributed by atoms with Gasteiger partial charge in [0.2, 0.25) is 0 Å². The molecule has 2 amide bonds. The maximum atomic E-state index is 12.0. The van der Waals surface area contributed by atoms with E-state index < -0.39 is 0 Å². The molecular weight excluding hydrogens is 432 g/mol. The summed E-state index contributed by atoms with van der Waals surface area (Å²) in [5.74, 6) is -0.423. The van der Waals surface area contributed by atoms with Gasteiger partial charge >= 0.3 is 0 Å². The number of nitrogens with zero attached hydrogens (tertiary/aromatic N) is 6. The van der Waals surface area contributed by atoms with Crippen molar-refractivity contribution in [3.05, 3.63) is 95.6 Å². The average Bonchev–Trinajstić information content (AvgIpc) is 2.86. The lowest BCUT2D eigenvalue weighted by atomic mass is 10.1. The van der Waals surface area contributed by atoms with Crippen LogP contribution in [-0.2, 0) is 0 Å². The highest BCUT2D eigenvalue weighted by Gasteiger charge is 2.16. The van der Waals surface area contributed by atoms with Crippen molar-refractivity contribution in [3.8, 4) is 0 Å². The van der Waals surface area contributed by atoms with Gasteiger partial charge in [0.1, 0.15) is 12.7 Å². The average molecular weight is 448 g/mol. The van der Waals surface area contributed by atoms with E-state index in [2.05, 4.69) is 40.5 Å². The third-order valence-electron chi connectivity index (χ3n) is 4.95. The zero-order valence-corrected chi connectivity index (χ0v) is 17.6. The second-order valence-corrected chi connectivity index (χ2v) is 7.09. The minimum atomic E-state index is -0.223. The van der Waals surface area contributed by atoms with Gasteiger partial charge in [0.05, 0.1) is 51.5 Å². The Kier molecular flexibility index (Phi) is 5.60. The van der Waals surface area contributed by atoms with Gasteiger partial charge in [-0.2, -0.15) is 0 Å². The van der Waals surface area contributed by atoms with Crippen LogP contribution in [0.2, 0.25) is 0 Å². The van der Waals surface area contributed by atoms with Crippen LogP contribution in [0, 0.1) is 0 Å². The zero-order valence-electron chi connectivity index (χ0n) is 17.6. The number of anilines is 2. The van der Waals surface area contributed by atoms with Gasteiger partial charge in [0, 0.05) is 18.6 Å². The van der Waals surface area contributed by atoms with Crippen molar-refractivity contribution in [1.29, 1.82) is 0 Å². The first-order valence-electron chi connectivity index (χ1n) is 10.2. The zero-order chi connectivity index (χ0) is 23.3. The van der Waals surface area contributed by atoms with Crippen LogP contribution in [0.25, 0.3) is 24.3 Å². The van der Waals surface area contributed by atoms with Crippen LogP contribution in [0.5, 0.6) is 0 Å². The second-order valence-electron chi connectivity index (χ2n) is 7.09. The van der Waals surface area contributed by atoms with Crippen LogP contribution in [0.3, 0.4) is 0 Å². The lowest BCUT2D eigenvalue weighted by Crippen LogP contribution is -2.16. The number of nitrogens with one attached hydrogen (secondary N) is 2. The summed E-state index contributed by atoms with van der Waals surface area (Å²) >= 11 is 0. The highest BCUT2D eigenvalue weighted by molar-refractivity contribution is 6.09. The predicted molar refractivity (Wildman–Crippen MR) is 126 cm³/mol. The van der Waals surface area contributed by atoms with Crippen LogP contribution in [0.1, 0.15) is 43.5 Å². The van der Waals surface area contributed by atoms with Gasteiger partial charge in [-0.15, -0.1) is 0 Å². The summed E-state index contributed by atoms with van der Waals surface area (Å²) in [5, 5.41) is 5.55. The van der Waals surface area contributed by atoms with Crippen molar-refractivity contribution in [1.82, 2.24) is 29.9 Å². The highest BCUT2D eigenvalue weighted by atomic mass is 16.2. The highest BCUT2D eigenvalue weighted by Crippen LogP contribution is 2.21. The van der Waals surface area contributed by atoms with Gasteiger partial charge in [0.15, 0.2) is 0 Å². The van der Waals surface area contributed by atoms with E-state index in [1.807, 2.05) is 12.2 Å². The van der Waals surface area contributed by atoms with E-state index in [0.717, 1.165) is 0 Å². The minimum absolute atomic E-state index is 0.200. The molecule has 2 N–H and O–H groups in total. The quantitative estimate of drug-likeness (QED) is 0.419. The molecule has 0 aromatic carbocycles. The SMILES string of the molecule is O=C1Nc2cccnc2/C=C\c2ncncc21.O=C1Nc2cncnc2/C=C\c2ncccc21. The number of aromatic nitrogens is 6. The minimum Gasteiger partial charge on any atom is -0.320 e. The van der Waals surface area contributed by atoms with Crippen LogP contribution >= 0.6 is 0 Å². The van der Waals surface area contributed by atoms with Gasteiger partial charge in [-0.1, -0.05) is 0 Å². The molecule has 0 bridgehead atoms. The lowest BCUT2D eigenvalue weighted by Gasteiger charge is -2.11. The molecule has 0 atom stereocenters. The molecule has 164 valence electrons. The molecule has 4 aromatic heterocycles. The van der Waals surface area contributed by atoms with Crippen molar-refractivity contribution in [2.45, 2.75) is 0 Å². The van der Waals surface area contributed by atoms with Crippen molar-refractivity contribution in [2.24, 2.45) is 0 Å². The summed E-state index contributed by atoms with van der Waals surface area (Å²) in [6.45, 7) is 0. The number of hydrogen-bond donors (Lipinski definition) is 2. The Bertz CT molecular complexity index is 1350. The summed E-state index contributed by atoms with van der Waals surface area (Å²) in [7, 11) is 0. The molecule has 6 heterocycles. The molecule has 0 saturated heterocycles. The predicted octanol–water partition coefficient (Wildman–Crippen LogP) is 3.22. The monoisotopic (exact) mass is 448 g/mol. The normalized spacial score (nSPS) is 14.9. The van der Waals surface area contributed by atoms with Crippen LogP contribution in [0.4, 0.5) is 11.4 Å². The molecule has 2 aliphatic rings. The number of hydrogen-bond acceptors (Lipinski definition) is 8. The second kappa shape index (κ2) is 9.17.